The summed E-state index contributed by atoms with van der Waals surface area (Å²) in [4.78, 5) is 34.7. The molecule has 3 heterocycles. The number of nitrogens with one attached hydrogen (secondary N) is 2. The minimum Gasteiger partial charge on any atom is -0.404 e. The average Bonchev–Trinajstić information content (AvgIpc) is 3.39. The number of nitrogens with zero attached hydrogens (tertiary/aromatic N) is 5. The summed E-state index contributed by atoms with van der Waals surface area (Å²) < 4.78 is 20.3. The Morgan fingerprint density at radius 1 is 1.24 bits per heavy atom. The van der Waals surface area contributed by atoms with Crippen molar-refractivity contribution in [1.82, 2.24) is 29.8 Å². The van der Waals surface area contributed by atoms with Gasteiger partial charge < -0.3 is 15.0 Å². The minimum absolute atomic E-state index is 0.173. The first-order chi connectivity index (χ1) is 16.3. The van der Waals surface area contributed by atoms with Gasteiger partial charge in [0.1, 0.15) is 5.82 Å². The van der Waals surface area contributed by atoms with Crippen molar-refractivity contribution in [3.8, 4) is 5.75 Å². The highest BCUT2D eigenvalue weighted by Gasteiger charge is 2.18. The van der Waals surface area contributed by atoms with E-state index in [4.69, 9.17) is 4.74 Å². The molecule has 0 saturated carbocycles. The lowest BCUT2D eigenvalue weighted by atomic mass is 10.2. The second-order valence-electron chi connectivity index (χ2n) is 7.59. The molecule has 0 fully saturated rings. The lowest BCUT2D eigenvalue weighted by Gasteiger charge is -2.14. The Hall–Kier alpha value is -4.06. The summed E-state index contributed by atoms with van der Waals surface area (Å²) in [6.07, 6.45) is 0.861. The van der Waals surface area contributed by atoms with Crippen molar-refractivity contribution in [2.45, 2.75) is 26.9 Å². The Morgan fingerprint density at radius 3 is 2.85 bits per heavy atom. The third kappa shape index (κ3) is 5.46. The first-order valence-corrected chi connectivity index (χ1v) is 11.1. The molecule has 0 aliphatic carbocycles. The van der Waals surface area contributed by atoms with Crippen molar-refractivity contribution in [2.75, 3.05) is 12.4 Å². The predicted molar refractivity (Wildman–Crippen MR) is 124 cm³/mol. The van der Waals surface area contributed by atoms with Crippen molar-refractivity contribution in [1.29, 1.82) is 0 Å². The summed E-state index contributed by atoms with van der Waals surface area (Å²) in [7, 11) is 1.58. The number of carbonyl (C=O) groups is 2. The van der Waals surface area contributed by atoms with Gasteiger partial charge in [-0.2, -0.15) is 5.10 Å². The van der Waals surface area contributed by atoms with Crippen LogP contribution in [-0.4, -0.2) is 43.7 Å². The Morgan fingerprint density at radius 2 is 2.06 bits per heavy atom. The summed E-state index contributed by atoms with van der Waals surface area (Å²) in [5.74, 6) is -0.103. The van der Waals surface area contributed by atoms with E-state index in [9.17, 15) is 14.0 Å². The average molecular weight is 484 g/mol. The van der Waals surface area contributed by atoms with Crippen LogP contribution >= 0.6 is 11.3 Å². The maximum atomic E-state index is 13.2. The van der Waals surface area contributed by atoms with Gasteiger partial charge in [0, 0.05) is 30.4 Å². The molecule has 4 aromatic rings. The molecule has 0 spiro atoms. The van der Waals surface area contributed by atoms with E-state index < -0.39 is 12.1 Å². The Bertz CT molecular complexity index is 1350. The Labute approximate surface area is 198 Å². The number of aryl methyl sites for hydroxylation is 2. The zero-order valence-electron chi connectivity index (χ0n) is 18.7. The van der Waals surface area contributed by atoms with Crippen molar-refractivity contribution >= 4 is 34.2 Å². The van der Waals surface area contributed by atoms with E-state index in [1.54, 1.807) is 29.1 Å². The van der Waals surface area contributed by atoms with Gasteiger partial charge in [0.05, 0.1) is 18.4 Å². The minimum atomic E-state index is -0.591. The van der Waals surface area contributed by atoms with Crippen LogP contribution in [0.3, 0.4) is 0 Å². The van der Waals surface area contributed by atoms with E-state index in [1.807, 2.05) is 19.9 Å². The van der Waals surface area contributed by atoms with Crippen LogP contribution in [0.4, 0.5) is 19.1 Å². The highest BCUT2D eigenvalue weighted by molar-refractivity contribution is 7.13. The number of ether oxygens (including phenoxy) is 1. The molecule has 0 bridgehead atoms. The van der Waals surface area contributed by atoms with Crippen LogP contribution in [0.5, 0.6) is 5.75 Å². The zero-order valence-corrected chi connectivity index (χ0v) is 19.5. The molecule has 12 heteroatoms. The van der Waals surface area contributed by atoms with Crippen molar-refractivity contribution < 1.29 is 18.7 Å². The maximum absolute atomic E-state index is 13.2. The van der Waals surface area contributed by atoms with Gasteiger partial charge >= 0.3 is 12.1 Å². The number of carbonyl (C=O) groups excluding carboxylic acids is 2. The van der Waals surface area contributed by atoms with Gasteiger partial charge in [-0.1, -0.05) is 12.1 Å². The summed E-state index contributed by atoms with van der Waals surface area (Å²) in [5.41, 5.74) is 3.35. The van der Waals surface area contributed by atoms with Gasteiger partial charge in [-0.3, -0.25) is 5.32 Å². The van der Waals surface area contributed by atoms with Crippen molar-refractivity contribution in [2.24, 2.45) is 0 Å². The first-order valence-electron chi connectivity index (χ1n) is 10.3. The molecular weight excluding hydrogens is 461 g/mol. The molecule has 0 unspecified atom stereocenters. The smallest absolute Gasteiger partial charge is 0.404 e. The van der Waals surface area contributed by atoms with E-state index in [0.717, 1.165) is 11.4 Å². The molecule has 10 nitrogen and oxygen atoms in total. The van der Waals surface area contributed by atoms with Gasteiger partial charge in [-0.25, -0.2) is 28.5 Å². The predicted octanol–water partition coefficient (Wildman–Crippen LogP) is 3.89. The SMILES string of the molecule is Cc1cc(C)n2ncc(OC(=O)N(C)Cc3csc(NC(=O)NCc4cccc(F)c4)n3)c2n1. The van der Waals surface area contributed by atoms with E-state index in [1.165, 1.54) is 34.6 Å². The van der Waals surface area contributed by atoms with Gasteiger partial charge in [-0.15, -0.1) is 11.3 Å². The molecule has 0 aliphatic rings. The fraction of sp³-hybridized carbons (Fsp3) is 0.227. The highest BCUT2D eigenvalue weighted by Crippen LogP contribution is 2.21. The van der Waals surface area contributed by atoms with Crippen LogP contribution in [0.1, 0.15) is 22.6 Å². The van der Waals surface area contributed by atoms with Crippen LogP contribution in [0.25, 0.3) is 5.65 Å². The molecule has 3 aromatic heterocycles. The number of urea groups is 1. The standard InChI is InChI=1S/C22H22FN7O3S/c1-13-7-14(2)30-19(26-13)18(10-25-30)33-22(32)29(3)11-17-12-34-21(27-17)28-20(31)24-9-15-5-4-6-16(23)8-15/h4-8,10,12H,9,11H2,1-3H3,(H2,24,27,28,31). The second-order valence-corrected chi connectivity index (χ2v) is 8.45. The lowest BCUT2D eigenvalue weighted by Crippen LogP contribution is -2.29. The molecule has 1 aromatic carbocycles. The molecule has 2 N–H and O–H groups in total. The molecule has 0 saturated heterocycles. The summed E-state index contributed by atoms with van der Waals surface area (Å²) in [6, 6.07) is 7.39. The zero-order chi connectivity index (χ0) is 24.2. The number of amides is 3. The number of thiazole rings is 1. The van der Waals surface area contributed by atoms with E-state index in [0.29, 0.717) is 22.0 Å². The number of halogens is 1. The third-order valence-corrected chi connectivity index (χ3v) is 5.57. The van der Waals surface area contributed by atoms with Gasteiger partial charge in [0.2, 0.25) is 0 Å². The van der Waals surface area contributed by atoms with Crippen LogP contribution < -0.4 is 15.4 Å². The number of aromatic nitrogens is 4. The van der Waals surface area contributed by atoms with E-state index >= 15 is 0 Å². The first kappa shape index (κ1) is 23.1. The van der Waals surface area contributed by atoms with Crippen LogP contribution in [-0.2, 0) is 13.1 Å². The number of hydrogen-bond donors (Lipinski definition) is 2. The maximum Gasteiger partial charge on any atom is 0.415 e. The number of hydrogen-bond acceptors (Lipinski definition) is 7. The Kier molecular flexibility index (Phi) is 6.68. The fourth-order valence-corrected chi connectivity index (χ4v) is 3.91. The van der Waals surface area contributed by atoms with Crippen LogP contribution in [0.15, 0.2) is 41.9 Å². The lowest BCUT2D eigenvalue weighted by molar-refractivity contribution is 0.161. The summed E-state index contributed by atoms with van der Waals surface area (Å²) in [6.45, 7) is 4.09. The van der Waals surface area contributed by atoms with E-state index in [-0.39, 0.29) is 24.7 Å². The molecule has 0 atom stereocenters. The fourth-order valence-electron chi connectivity index (χ4n) is 3.21. The quantitative estimate of drug-likeness (QED) is 0.430. The van der Waals surface area contributed by atoms with E-state index in [2.05, 4.69) is 25.7 Å². The van der Waals surface area contributed by atoms with Crippen LogP contribution in [0.2, 0.25) is 0 Å². The molecule has 0 aliphatic heterocycles. The molecule has 34 heavy (non-hydrogen) atoms. The Balaban J connectivity index is 1.31. The number of anilines is 1. The van der Waals surface area contributed by atoms with Crippen molar-refractivity contribution in [3.63, 3.8) is 0 Å². The van der Waals surface area contributed by atoms with Crippen LogP contribution in [0, 0.1) is 19.7 Å². The molecule has 4 rings (SSSR count). The van der Waals surface area contributed by atoms with Gasteiger partial charge in [0.15, 0.2) is 16.5 Å². The van der Waals surface area contributed by atoms with Gasteiger partial charge in [-0.05, 0) is 37.6 Å². The second kappa shape index (κ2) is 9.83. The highest BCUT2D eigenvalue weighted by atomic mass is 32.1. The van der Waals surface area contributed by atoms with Crippen molar-refractivity contribution in [3.05, 3.63) is 70.4 Å². The number of rotatable bonds is 6. The topological polar surface area (TPSA) is 114 Å². The monoisotopic (exact) mass is 483 g/mol. The largest absolute Gasteiger partial charge is 0.415 e. The third-order valence-electron chi connectivity index (χ3n) is 4.77. The molecular formula is C22H22FN7O3S. The number of fused-ring (bicyclic) bond motifs is 1. The molecule has 0 radical (unpaired) electrons. The number of benzene rings is 1. The normalized spacial score (nSPS) is 10.8. The summed E-state index contributed by atoms with van der Waals surface area (Å²) >= 11 is 1.22. The summed E-state index contributed by atoms with van der Waals surface area (Å²) in [5, 5.41) is 11.6. The molecule has 176 valence electrons. The van der Waals surface area contributed by atoms with Gasteiger partial charge in [0.25, 0.3) is 0 Å². The molecule has 3 amide bonds.